The average molecular weight is 565 g/mol. The maximum Gasteiger partial charge on any atom is 0.191 e. The largest absolute Gasteiger partial charge is 0.386 e. The van der Waals surface area contributed by atoms with Crippen LogP contribution in [0.1, 0.15) is 22.4 Å². The molecule has 9 heteroatoms. The average Bonchev–Trinajstić information content (AvgIpc) is 3.40. The van der Waals surface area contributed by atoms with Gasteiger partial charge in [-0.05, 0) is 42.1 Å². The summed E-state index contributed by atoms with van der Waals surface area (Å²) >= 11 is 1.58. The van der Waals surface area contributed by atoms with E-state index >= 15 is 0 Å². The Morgan fingerprint density at radius 3 is 2.72 bits per heavy atom. The van der Waals surface area contributed by atoms with Crippen LogP contribution in [-0.2, 0) is 6.54 Å². The van der Waals surface area contributed by atoms with E-state index in [0.717, 1.165) is 26.4 Å². The van der Waals surface area contributed by atoms with E-state index in [-0.39, 0.29) is 29.8 Å². The summed E-state index contributed by atoms with van der Waals surface area (Å²) in [7, 11) is 1.66. The lowest BCUT2D eigenvalue weighted by Crippen LogP contribution is -2.38. The van der Waals surface area contributed by atoms with E-state index in [9.17, 15) is 9.50 Å². The van der Waals surface area contributed by atoms with Crippen molar-refractivity contribution in [3.63, 3.8) is 0 Å². The third-order valence-electron chi connectivity index (χ3n) is 5.02. The van der Waals surface area contributed by atoms with E-state index in [1.54, 1.807) is 41.4 Å². The van der Waals surface area contributed by atoms with Crippen LogP contribution in [0.15, 0.2) is 65.9 Å². The number of aliphatic hydroxyl groups excluding tert-OH is 1. The first-order valence-electron chi connectivity index (χ1n) is 9.95. The van der Waals surface area contributed by atoms with Gasteiger partial charge in [0.2, 0.25) is 0 Å². The summed E-state index contributed by atoms with van der Waals surface area (Å²) in [6.45, 7) is 2.55. The van der Waals surface area contributed by atoms with Crippen molar-refractivity contribution in [1.82, 2.24) is 20.2 Å². The molecule has 32 heavy (non-hydrogen) atoms. The second kappa shape index (κ2) is 10.9. The highest BCUT2D eigenvalue weighted by molar-refractivity contribution is 14.0. The Kier molecular flexibility index (Phi) is 8.21. The second-order valence-corrected chi connectivity index (χ2v) is 8.25. The number of hydrogen-bond acceptors (Lipinski definition) is 4. The normalized spacial score (nSPS) is 12.4. The number of thiophene rings is 1. The fourth-order valence-electron chi connectivity index (χ4n) is 3.36. The second-order valence-electron chi connectivity index (χ2n) is 7.14. The maximum atomic E-state index is 14.6. The van der Waals surface area contributed by atoms with Gasteiger partial charge in [-0.2, -0.15) is 0 Å². The Balaban J connectivity index is 0.00000289. The van der Waals surface area contributed by atoms with Crippen LogP contribution >= 0.6 is 35.3 Å². The minimum absolute atomic E-state index is 0. The number of aliphatic hydroxyl groups is 1. The van der Waals surface area contributed by atoms with Gasteiger partial charge in [0, 0.05) is 42.1 Å². The number of nitrogens with zero attached hydrogens (tertiary/aromatic N) is 3. The van der Waals surface area contributed by atoms with Crippen molar-refractivity contribution in [1.29, 1.82) is 0 Å². The number of halogens is 2. The number of hydrogen-bond donors (Lipinski definition) is 3. The molecule has 0 radical (unpaired) electrons. The highest BCUT2D eigenvalue weighted by atomic mass is 127. The third-order valence-corrected chi connectivity index (χ3v) is 6.23. The van der Waals surface area contributed by atoms with Crippen LogP contribution in [0.4, 0.5) is 4.39 Å². The molecule has 0 bridgehead atoms. The smallest absolute Gasteiger partial charge is 0.191 e. The number of fused-ring (bicyclic) bond motifs is 1. The Bertz CT molecular complexity index is 1190. The summed E-state index contributed by atoms with van der Waals surface area (Å²) in [4.78, 5) is 9.22. The zero-order valence-electron chi connectivity index (χ0n) is 17.7. The lowest BCUT2D eigenvalue weighted by Gasteiger charge is -2.15. The monoisotopic (exact) mass is 565 g/mol. The molecule has 168 valence electrons. The van der Waals surface area contributed by atoms with Crippen molar-refractivity contribution in [3.05, 3.63) is 83.0 Å². The Morgan fingerprint density at radius 1 is 1.22 bits per heavy atom. The number of nitrogens with one attached hydrogen (secondary N) is 2. The molecule has 0 spiro atoms. The van der Waals surface area contributed by atoms with Gasteiger partial charge in [0.05, 0.1) is 5.69 Å². The van der Waals surface area contributed by atoms with Crippen molar-refractivity contribution in [2.75, 3.05) is 13.6 Å². The maximum absolute atomic E-state index is 14.6. The fraction of sp³-hybridized carbons (Fsp3) is 0.217. The topological polar surface area (TPSA) is 74.5 Å². The van der Waals surface area contributed by atoms with Crippen LogP contribution in [0.5, 0.6) is 0 Å². The number of rotatable bonds is 6. The molecule has 0 amide bonds. The number of guanidine groups is 1. The SMILES string of the molecule is CN=C(NCc1ccc(-n2ccnc2C)c(F)c1)NCC(O)c1cc2ccccc2s1.I. The first kappa shape index (κ1) is 24.1. The molecule has 0 saturated carbocycles. The molecule has 0 fully saturated rings. The minimum atomic E-state index is -0.647. The highest BCUT2D eigenvalue weighted by Gasteiger charge is 2.13. The standard InChI is InChI=1S/C23H24FN5OS.HI/c1-15-26-9-10-29(15)19-8-7-16(11-18(19)24)13-27-23(25-2)28-14-20(30)22-12-17-5-3-4-6-21(17)31-22;/h3-12,20,30H,13-14H2,1-2H3,(H2,25,27,28);1H. The van der Waals surface area contributed by atoms with Gasteiger partial charge in [-0.1, -0.05) is 24.3 Å². The fourth-order valence-corrected chi connectivity index (χ4v) is 4.41. The molecule has 2 aromatic carbocycles. The first-order valence-corrected chi connectivity index (χ1v) is 10.8. The quantitative estimate of drug-likeness (QED) is 0.182. The van der Waals surface area contributed by atoms with Gasteiger partial charge in [0.15, 0.2) is 5.96 Å². The zero-order chi connectivity index (χ0) is 21.8. The van der Waals surface area contributed by atoms with Crippen LogP contribution < -0.4 is 10.6 Å². The number of benzene rings is 2. The third kappa shape index (κ3) is 5.45. The van der Waals surface area contributed by atoms with E-state index in [1.165, 1.54) is 6.07 Å². The summed E-state index contributed by atoms with van der Waals surface area (Å²) in [5.74, 6) is 0.949. The van der Waals surface area contributed by atoms with E-state index < -0.39 is 6.10 Å². The van der Waals surface area contributed by atoms with Gasteiger partial charge in [0.1, 0.15) is 17.7 Å². The van der Waals surface area contributed by atoms with E-state index in [2.05, 4.69) is 20.6 Å². The first-order chi connectivity index (χ1) is 15.0. The summed E-state index contributed by atoms with van der Waals surface area (Å²) in [5, 5.41) is 17.9. The van der Waals surface area contributed by atoms with E-state index in [1.807, 2.05) is 43.3 Å². The highest BCUT2D eigenvalue weighted by Crippen LogP contribution is 2.29. The number of aromatic nitrogens is 2. The number of aliphatic imine (C=N–C) groups is 1. The predicted octanol–water partition coefficient (Wildman–Crippen LogP) is 4.55. The molecule has 3 N–H and O–H groups in total. The van der Waals surface area contributed by atoms with Gasteiger partial charge in [-0.3, -0.25) is 4.99 Å². The summed E-state index contributed by atoms with van der Waals surface area (Å²) in [6, 6.07) is 15.2. The zero-order valence-corrected chi connectivity index (χ0v) is 20.9. The van der Waals surface area contributed by atoms with Gasteiger partial charge in [-0.25, -0.2) is 9.37 Å². The predicted molar refractivity (Wildman–Crippen MR) is 139 cm³/mol. The molecule has 1 unspecified atom stereocenters. The lowest BCUT2D eigenvalue weighted by molar-refractivity contribution is 0.184. The van der Waals surface area contributed by atoms with Crippen molar-refractivity contribution in [3.8, 4) is 5.69 Å². The summed E-state index contributed by atoms with van der Waals surface area (Å²) in [5.41, 5.74) is 1.25. The summed E-state index contributed by atoms with van der Waals surface area (Å²) in [6.07, 6.45) is 2.73. The molecule has 0 saturated heterocycles. The van der Waals surface area contributed by atoms with Crippen LogP contribution in [0.25, 0.3) is 15.8 Å². The van der Waals surface area contributed by atoms with Crippen LogP contribution in [0.3, 0.4) is 0 Å². The van der Waals surface area contributed by atoms with Crippen molar-refractivity contribution >= 4 is 51.4 Å². The Hall–Kier alpha value is -2.50. The molecular formula is C23H25FIN5OS. The van der Waals surface area contributed by atoms with Crippen molar-refractivity contribution in [2.24, 2.45) is 4.99 Å². The molecule has 4 rings (SSSR count). The van der Waals surface area contributed by atoms with Crippen LogP contribution in [-0.4, -0.2) is 34.2 Å². The van der Waals surface area contributed by atoms with Crippen molar-refractivity contribution < 1.29 is 9.50 Å². The van der Waals surface area contributed by atoms with Crippen LogP contribution in [0.2, 0.25) is 0 Å². The molecule has 2 heterocycles. The molecular weight excluding hydrogens is 540 g/mol. The Morgan fingerprint density at radius 2 is 2.03 bits per heavy atom. The molecule has 4 aromatic rings. The molecule has 1 atom stereocenters. The molecule has 0 aliphatic heterocycles. The van der Waals surface area contributed by atoms with Crippen molar-refractivity contribution in [2.45, 2.75) is 19.6 Å². The molecule has 0 aliphatic rings. The van der Waals surface area contributed by atoms with Gasteiger partial charge < -0.3 is 20.3 Å². The molecule has 6 nitrogen and oxygen atoms in total. The van der Waals surface area contributed by atoms with Crippen LogP contribution in [0, 0.1) is 12.7 Å². The summed E-state index contributed by atoms with van der Waals surface area (Å²) < 4.78 is 17.4. The van der Waals surface area contributed by atoms with E-state index in [4.69, 9.17) is 0 Å². The van der Waals surface area contributed by atoms with Gasteiger partial charge >= 0.3 is 0 Å². The Labute approximate surface area is 207 Å². The number of imidazole rings is 1. The van der Waals surface area contributed by atoms with E-state index in [0.29, 0.717) is 24.7 Å². The van der Waals surface area contributed by atoms with Gasteiger partial charge in [-0.15, -0.1) is 35.3 Å². The number of aryl methyl sites for hydroxylation is 1. The van der Waals surface area contributed by atoms with Gasteiger partial charge in [0.25, 0.3) is 0 Å². The lowest BCUT2D eigenvalue weighted by atomic mass is 10.2. The minimum Gasteiger partial charge on any atom is -0.386 e. The molecule has 2 aromatic heterocycles. The molecule has 0 aliphatic carbocycles.